The number of benzene rings is 3. The molecule has 1 saturated heterocycles. The topological polar surface area (TPSA) is 31.6 Å². The minimum absolute atomic E-state index is 0.132. The summed E-state index contributed by atoms with van der Waals surface area (Å²) in [6, 6.07) is 13.5. The monoisotopic (exact) mass is 401 g/mol. The van der Waals surface area contributed by atoms with Crippen LogP contribution < -0.4 is 5.66 Å². The molecule has 1 aliphatic rings. The molecule has 0 aliphatic carbocycles. The van der Waals surface area contributed by atoms with Gasteiger partial charge < -0.3 is 13.7 Å². The summed E-state index contributed by atoms with van der Waals surface area (Å²) in [7, 11) is -0.730. The van der Waals surface area contributed by atoms with Crippen molar-refractivity contribution in [1.29, 1.82) is 0 Å². The number of hydrogen-bond donors (Lipinski definition) is 0. The highest BCUT2D eigenvalue weighted by Gasteiger charge is 2.54. The molecule has 0 spiro atoms. The van der Waals surface area contributed by atoms with Gasteiger partial charge in [-0.15, -0.1) is 0 Å². The van der Waals surface area contributed by atoms with Gasteiger partial charge in [0.2, 0.25) is 0 Å². The molecule has 4 aromatic rings. The Kier molecular flexibility index (Phi) is 3.26. The van der Waals surface area contributed by atoms with Crippen LogP contribution >= 0.6 is 0 Å². The molecule has 0 saturated carbocycles. The smallest absolute Gasteiger partial charge is 0.464 e. The van der Waals surface area contributed by atoms with Crippen LogP contribution in [0.15, 0.2) is 83.2 Å². The van der Waals surface area contributed by atoms with Gasteiger partial charge in [0.15, 0.2) is 0 Å². The van der Waals surface area contributed by atoms with Gasteiger partial charge in [-0.1, -0.05) is 66.6 Å². The molecule has 3 aromatic carbocycles. The maximum atomic E-state index is 8.34. The predicted molar refractivity (Wildman–Crippen MR) is 123 cm³/mol. The van der Waals surface area contributed by atoms with Gasteiger partial charge in [-0.05, 0) is 56.5 Å². The maximum Gasteiger partial charge on any atom is 0.533 e. The van der Waals surface area contributed by atoms with Crippen molar-refractivity contribution in [3.05, 3.63) is 78.7 Å². The Bertz CT molecular complexity index is 1420. The van der Waals surface area contributed by atoms with Crippen LogP contribution in [-0.4, -0.2) is 18.3 Å². The van der Waals surface area contributed by atoms with Gasteiger partial charge in [0, 0.05) is 10.9 Å². The van der Waals surface area contributed by atoms with Crippen LogP contribution in [0.3, 0.4) is 0 Å². The van der Waals surface area contributed by atoms with E-state index in [9.17, 15) is 0 Å². The molecule has 1 aromatic heterocycles. The predicted octanol–water partition coefficient (Wildman–Crippen LogP) is 6.07. The number of rotatable bonds is 3. The summed E-state index contributed by atoms with van der Waals surface area (Å²) >= 11 is 0. The summed E-state index contributed by atoms with van der Waals surface area (Å²) in [4.78, 5) is 0. The van der Waals surface area contributed by atoms with Crippen molar-refractivity contribution in [1.82, 2.24) is 0 Å². The average molecular weight is 401 g/mol. The second-order valence-corrected chi connectivity index (χ2v) is 8.51. The zero-order valence-electron chi connectivity index (χ0n) is 22.4. The zero-order chi connectivity index (χ0) is 25.3. The molecule has 0 bridgehead atoms. The van der Waals surface area contributed by atoms with E-state index in [0.29, 0.717) is 16.8 Å². The van der Waals surface area contributed by atoms with Gasteiger partial charge >= 0.3 is 7.12 Å². The Labute approximate surface area is 184 Å². The molecule has 0 radical (unpaired) electrons. The lowest BCUT2D eigenvalue weighted by Gasteiger charge is -2.32. The second-order valence-electron chi connectivity index (χ2n) is 8.51. The van der Waals surface area contributed by atoms with E-state index in [-0.39, 0.29) is 29.7 Å². The fraction of sp³-hybridized carbons (Fsp3) is 0.231. The highest BCUT2D eigenvalue weighted by atomic mass is 16.7. The van der Waals surface area contributed by atoms with Crippen LogP contribution in [0, 0.1) is 0 Å². The van der Waals surface area contributed by atoms with Crippen molar-refractivity contribution < 1.29 is 20.6 Å². The largest absolute Gasteiger partial charge is 0.533 e. The summed E-state index contributed by atoms with van der Waals surface area (Å²) in [5.41, 5.74) is 2.32. The van der Waals surface area contributed by atoms with Gasteiger partial charge in [-0.25, -0.2) is 0 Å². The third-order valence-electron chi connectivity index (χ3n) is 6.04. The van der Waals surface area contributed by atoms with Gasteiger partial charge in [0.1, 0.15) is 11.2 Å². The van der Waals surface area contributed by atoms with E-state index in [0.717, 1.165) is 16.5 Å². The highest BCUT2D eigenvalue weighted by Crippen LogP contribution is 2.39. The second kappa shape index (κ2) is 6.87. The fourth-order valence-corrected chi connectivity index (χ4v) is 3.68. The van der Waals surface area contributed by atoms with Gasteiger partial charge in [0.25, 0.3) is 0 Å². The van der Waals surface area contributed by atoms with E-state index in [1.807, 2.05) is 64.1 Å². The number of fused-ring (bicyclic) bond motifs is 1. The van der Waals surface area contributed by atoms with Crippen LogP contribution in [-0.2, 0) is 9.31 Å². The summed E-state index contributed by atoms with van der Waals surface area (Å²) < 4.78 is 59.5. The van der Waals surface area contributed by atoms with E-state index >= 15 is 0 Å². The van der Waals surface area contributed by atoms with Crippen molar-refractivity contribution in [2.45, 2.75) is 38.9 Å². The summed E-state index contributed by atoms with van der Waals surface area (Å²) in [6.07, 6.45) is 0. The van der Waals surface area contributed by atoms with Crippen LogP contribution in [0.4, 0.5) is 0 Å². The minimum atomic E-state index is -0.730. The van der Waals surface area contributed by atoms with E-state index in [2.05, 4.69) is 0 Å². The molecule has 5 rings (SSSR count). The summed E-state index contributed by atoms with van der Waals surface area (Å²) in [5.74, 6) is 0. The Morgan fingerprint density at radius 2 is 1.43 bits per heavy atom. The molecule has 30 heavy (non-hydrogen) atoms. The van der Waals surface area contributed by atoms with Crippen molar-refractivity contribution in [2.75, 3.05) is 0 Å². The third-order valence-corrected chi connectivity index (χ3v) is 6.04. The molecule has 0 atom stereocenters. The van der Waals surface area contributed by atoms with E-state index in [1.54, 1.807) is 12.1 Å². The van der Waals surface area contributed by atoms with Crippen LogP contribution in [0.1, 0.15) is 34.5 Å². The van der Waals surface area contributed by atoms with Gasteiger partial charge in [-0.3, -0.25) is 0 Å². The van der Waals surface area contributed by atoms with E-state index in [1.165, 1.54) is 0 Å². The van der Waals surface area contributed by atoms with E-state index < -0.39 is 24.4 Å². The Hall–Kier alpha value is -2.82. The molecular formula is C26H25BO3. The maximum absolute atomic E-state index is 8.34. The molecule has 3 nitrogen and oxygen atoms in total. The number of hydrogen-bond acceptors (Lipinski definition) is 3. The minimum Gasteiger partial charge on any atom is -0.464 e. The Balaban J connectivity index is 1.73. The summed E-state index contributed by atoms with van der Waals surface area (Å²) in [5, 5.41) is 0.817. The van der Waals surface area contributed by atoms with Crippen LogP contribution in [0.2, 0.25) is 0 Å². The van der Waals surface area contributed by atoms with E-state index in [4.69, 9.17) is 20.6 Å². The van der Waals surface area contributed by atoms with Crippen molar-refractivity contribution in [3.8, 4) is 22.3 Å². The standard InChI is InChI=1S/C26H25BO3/c1-25(2)26(3,4)30-27(29-25)24-23(19-13-9-6-10-14-19)21-16-15-20(17-22(21)28-24)18-11-7-5-8-12-18/h5-17H,1-4H3/i5D,7D,8D,11D,12D. The van der Waals surface area contributed by atoms with Crippen LogP contribution in [0.5, 0.6) is 0 Å². The first kappa shape index (κ1) is 14.2. The molecule has 1 fully saturated rings. The molecule has 0 unspecified atom stereocenters. The Morgan fingerprint density at radius 3 is 2.10 bits per heavy atom. The third kappa shape index (κ3) is 3.08. The normalized spacial score (nSPS) is 19.9. The van der Waals surface area contributed by atoms with Crippen LogP contribution in [0.25, 0.3) is 33.2 Å². The SMILES string of the molecule is [2H]c1c([2H])c([2H])c(-c2ccc3c(-c4ccccc4)c(B4OC(C)(C)C(C)(C)O4)oc3c2)c([2H])c1[2H]. The summed E-state index contributed by atoms with van der Waals surface area (Å²) in [6.45, 7) is 7.92. The lowest BCUT2D eigenvalue weighted by molar-refractivity contribution is 0.00578. The van der Waals surface area contributed by atoms with Crippen molar-refractivity contribution in [2.24, 2.45) is 0 Å². The quantitative estimate of drug-likeness (QED) is 0.391. The molecule has 1 aliphatic heterocycles. The number of furan rings is 1. The molecule has 0 N–H and O–H groups in total. The van der Waals surface area contributed by atoms with Gasteiger partial charge in [-0.2, -0.15) is 0 Å². The Morgan fingerprint density at radius 1 is 0.767 bits per heavy atom. The lowest BCUT2D eigenvalue weighted by atomic mass is 9.80. The zero-order valence-corrected chi connectivity index (χ0v) is 17.4. The fourth-order valence-electron chi connectivity index (χ4n) is 3.68. The molecule has 2 heterocycles. The molecule has 150 valence electrons. The molecule has 4 heteroatoms. The molecule has 0 amide bonds. The lowest BCUT2D eigenvalue weighted by Crippen LogP contribution is -2.41. The van der Waals surface area contributed by atoms with Crippen molar-refractivity contribution >= 4 is 23.7 Å². The average Bonchev–Trinajstić information content (AvgIpc) is 3.30. The first-order valence-corrected chi connectivity index (χ1v) is 9.98. The highest BCUT2D eigenvalue weighted by molar-refractivity contribution is 6.63. The molecular weight excluding hydrogens is 371 g/mol. The first-order chi connectivity index (χ1) is 16.4. The van der Waals surface area contributed by atoms with Crippen molar-refractivity contribution in [3.63, 3.8) is 0 Å². The van der Waals surface area contributed by atoms with Gasteiger partial charge in [0.05, 0.1) is 18.1 Å². The first-order valence-electron chi connectivity index (χ1n) is 12.5.